The molecule has 3 rings (SSSR count). The zero-order valence-electron chi connectivity index (χ0n) is 18.4. The lowest BCUT2D eigenvalue weighted by Gasteiger charge is -2.26. The summed E-state index contributed by atoms with van der Waals surface area (Å²) < 4.78 is 0. The number of rotatable bonds is 8. The van der Waals surface area contributed by atoms with Crippen LogP contribution in [0.3, 0.4) is 0 Å². The Morgan fingerprint density at radius 3 is 2.43 bits per heavy atom. The summed E-state index contributed by atoms with van der Waals surface area (Å²) in [5.74, 6) is 2.46. The van der Waals surface area contributed by atoms with Gasteiger partial charge in [-0.3, -0.25) is 0 Å². The fourth-order valence-corrected chi connectivity index (χ4v) is 4.98. The maximum Gasteiger partial charge on any atom is -0.0132 e. The van der Waals surface area contributed by atoms with Gasteiger partial charge in [0.2, 0.25) is 0 Å². The van der Waals surface area contributed by atoms with E-state index in [4.69, 9.17) is 0 Å². The molecule has 0 nitrogen and oxygen atoms in total. The second kappa shape index (κ2) is 10.8. The van der Waals surface area contributed by atoms with E-state index in [2.05, 4.69) is 69.3 Å². The summed E-state index contributed by atoms with van der Waals surface area (Å²) in [7, 11) is 0. The molecule has 0 spiro atoms. The highest BCUT2D eigenvalue weighted by molar-refractivity contribution is 5.33. The minimum atomic E-state index is 0.725. The van der Waals surface area contributed by atoms with Crippen LogP contribution in [0.1, 0.15) is 95.1 Å². The molecule has 0 aromatic heterocycles. The topological polar surface area (TPSA) is 0 Å². The van der Waals surface area contributed by atoms with Crippen molar-refractivity contribution in [1.29, 1.82) is 0 Å². The number of aryl methyl sites for hydroxylation is 1. The number of hydrogen-bond donors (Lipinski definition) is 0. The normalized spacial score (nSPS) is 23.7. The van der Waals surface area contributed by atoms with Crippen LogP contribution in [0.5, 0.6) is 0 Å². The van der Waals surface area contributed by atoms with E-state index >= 15 is 0 Å². The fourth-order valence-electron chi connectivity index (χ4n) is 4.98. The second-order valence-corrected chi connectivity index (χ2v) is 9.34. The largest absolute Gasteiger partial charge is 0.0802 e. The van der Waals surface area contributed by atoms with E-state index < -0.39 is 0 Å². The van der Waals surface area contributed by atoms with Gasteiger partial charge >= 0.3 is 0 Å². The maximum atomic E-state index is 2.45. The van der Waals surface area contributed by atoms with Gasteiger partial charge in [-0.2, -0.15) is 0 Å². The number of hydrogen-bond acceptors (Lipinski definition) is 0. The predicted octanol–water partition coefficient (Wildman–Crippen LogP) is 8.69. The molecule has 1 unspecified atom stereocenters. The van der Waals surface area contributed by atoms with Gasteiger partial charge in [0.15, 0.2) is 0 Å². The first-order chi connectivity index (χ1) is 13.7. The van der Waals surface area contributed by atoms with Crippen molar-refractivity contribution in [3.05, 3.63) is 70.8 Å². The van der Waals surface area contributed by atoms with E-state index in [-0.39, 0.29) is 0 Å². The minimum Gasteiger partial charge on any atom is -0.0802 e. The summed E-state index contributed by atoms with van der Waals surface area (Å²) in [6.07, 6.45) is 22.9. The molecule has 1 saturated carbocycles. The van der Waals surface area contributed by atoms with Crippen molar-refractivity contribution in [2.75, 3.05) is 0 Å². The van der Waals surface area contributed by atoms with Crippen molar-refractivity contribution < 1.29 is 0 Å². The molecule has 1 aromatic carbocycles. The third kappa shape index (κ3) is 6.23. The van der Waals surface area contributed by atoms with Gasteiger partial charge in [-0.1, -0.05) is 92.8 Å². The van der Waals surface area contributed by atoms with Gasteiger partial charge in [-0.15, -0.1) is 0 Å². The molecule has 2 aliphatic carbocycles. The summed E-state index contributed by atoms with van der Waals surface area (Å²) in [6.45, 7) is 6.91. The van der Waals surface area contributed by atoms with Crippen molar-refractivity contribution in [3.63, 3.8) is 0 Å². The van der Waals surface area contributed by atoms with Crippen molar-refractivity contribution in [2.24, 2.45) is 11.8 Å². The molecule has 0 bridgehead atoms. The molecule has 0 heteroatoms. The molecule has 0 saturated heterocycles. The van der Waals surface area contributed by atoms with E-state index in [9.17, 15) is 0 Å². The third-order valence-corrected chi connectivity index (χ3v) is 6.93. The van der Waals surface area contributed by atoms with Crippen LogP contribution in [0.25, 0.3) is 0 Å². The first kappa shape index (κ1) is 21.2. The zero-order valence-corrected chi connectivity index (χ0v) is 18.4. The van der Waals surface area contributed by atoms with Crippen LogP contribution >= 0.6 is 0 Å². The second-order valence-electron chi connectivity index (χ2n) is 9.34. The van der Waals surface area contributed by atoms with Gasteiger partial charge in [-0.25, -0.2) is 0 Å². The Hall–Kier alpha value is -1.56. The van der Waals surface area contributed by atoms with Crippen LogP contribution < -0.4 is 0 Å². The minimum absolute atomic E-state index is 0.725. The van der Waals surface area contributed by atoms with Crippen LogP contribution in [0.15, 0.2) is 59.7 Å². The lowest BCUT2D eigenvalue weighted by Crippen LogP contribution is -2.13. The Morgan fingerprint density at radius 1 is 0.964 bits per heavy atom. The maximum absolute atomic E-state index is 2.45. The third-order valence-electron chi connectivity index (χ3n) is 6.93. The Balaban J connectivity index is 1.53. The Morgan fingerprint density at radius 2 is 1.71 bits per heavy atom. The van der Waals surface area contributed by atoms with Crippen LogP contribution in [0, 0.1) is 18.8 Å². The molecule has 0 N–H and O–H groups in total. The predicted molar refractivity (Wildman–Crippen MR) is 124 cm³/mol. The first-order valence-corrected chi connectivity index (χ1v) is 11.8. The highest BCUT2D eigenvalue weighted by Crippen LogP contribution is 2.35. The van der Waals surface area contributed by atoms with E-state index in [1.807, 2.05) is 0 Å². The zero-order chi connectivity index (χ0) is 19.8. The van der Waals surface area contributed by atoms with Crippen molar-refractivity contribution in [1.82, 2.24) is 0 Å². The van der Waals surface area contributed by atoms with E-state index in [0.29, 0.717) is 0 Å². The SMILES string of the molecule is CCCC(CCCC1=CC=C(C2CCC(C)CC2)C=CC1)c1ccc(C)cc1. The highest BCUT2D eigenvalue weighted by atomic mass is 14.3. The quantitative estimate of drug-likeness (QED) is 0.425. The van der Waals surface area contributed by atoms with Gasteiger partial charge in [0.1, 0.15) is 0 Å². The standard InChI is InChI=1S/C28H40/c1-4-7-25(27-17-12-22(2)13-18-27)10-5-8-24-9-6-11-26(21-16-24)28-19-14-23(3)15-20-28/h6,11-13,16-18,21,23,25,28H,4-5,7-10,14-15,19-20H2,1-3H3. The average Bonchev–Trinajstić information content (AvgIpc) is 2.94. The average molecular weight is 377 g/mol. The molecule has 1 atom stereocenters. The van der Waals surface area contributed by atoms with Crippen LogP contribution in [-0.2, 0) is 0 Å². The molecule has 2 aliphatic rings. The molecule has 0 radical (unpaired) electrons. The van der Waals surface area contributed by atoms with Crippen LogP contribution in [-0.4, -0.2) is 0 Å². The summed E-state index contributed by atoms with van der Waals surface area (Å²) in [4.78, 5) is 0. The fraction of sp³-hybridized carbons (Fsp3) is 0.571. The van der Waals surface area contributed by atoms with E-state index in [1.54, 1.807) is 11.1 Å². The van der Waals surface area contributed by atoms with Crippen molar-refractivity contribution in [3.8, 4) is 0 Å². The molecule has 1 aromatic rings. The summed E-state index contributed by atoms with van der Waals surface area (Å²) in [5.41, 5.74) is 6.11. The Bertz CT molecular complexity index is 677. The molecule has 0 aliphatic heterocycles. The molecule has 28 heavy (non-hydrogen) atoms. The van der Waals surface area contributed by atoms with Gasteiger partial charge in [0.05, 0.1) is 0 Å². The molecule has 0 heterocycles. The molecule has 1 fully saturated rings. The van der Waals surface area contributed by atoms with Gasteiger partial charge < -0.3 is 0 Å². The summed E-state index contributed by atoms with van der Waals surface area (Å²) in [6, 6.07) is 9.25. The molecular formula is C28H40. The number of allylic oxidation sites excluding steroid dienone is 6. The van der Waals surface area contributed by atoms with Gasteiger partial charge in [-0.05, 0) is 80.8 Å². The van der Waals surface area contributed by atoms with Crippen molar-refractivity contribution >= 4 is 0 Å². The lowest BCUT2D eigenvalue weighted by atomic mass is 9.79. The molecular weight excluding hydrogens is 336 g/mol. The monoisotopic (exact) mass is 376 g/mol. The highest BCUT2D eigenvalue weighted by Gasteiger charge is 2.20. The van der Waals surface area contributed by atoms with Crippen LogP contribution in [0.2, 0.25) is 0 Å². The Kier molecular flexibility index (Phi) is 8.19. The first-order valence-electron chi connectivity index (χ1n) is 11.8. The smallest absolute Gasteiger partial charge is 0.0132 e. The Labute approximate surface area is 173 Å². The molecule has 152 valence electrons. The van der Waals surface area contributed by atoms with Crippen LogP contribution in [0.4, 0.5) is 0 Å². The van der Waals surface area contributed by atoms with E-state index in [1.165, 1.54) is 68.9 Å². The van der Waals surface area contributed by atoms with Gasteiger partial charge in [0, 0.05) is 0 Å². The van der Waals surface area contributed by atoms with Gasteiger partial charge in [0.25, 0.3) is 0 Å². The molecule has 0 amide bonds. The number of benzene rings is 1. The summed E-state index contributed by atoms with van der Waals surface area (Å²) >= 11 is 0. The van der Waals surface area contributed by atoms with E-state index in [0.717, 1.165) is 24.2 Å². The summed E-state index contributed by atoms with van der Waals surface area (Å²) in [5, 5.41) is 0. The van der Waals surface area contributed by atoms with Crippen molar-refractivity contribution in [2.45, 2.75) is 90.9 Å². The lowest BCUT2D eigenvalue weighted by molar-refractivity contribution is 0.323.